The predicted molar refractivity (Wildman–Crippen MR) is 10.3 cm³/mol. The summed E-state index contributed by atoms with van der Waals surface area (Å²) in [5.41, 5.74) is 4.17. The van der Waals surface area contributed by atoms with Crippen LogP contribution >= 0.6 is 0 Å². The van der Waals surface area contributed by atoms with Gasteiger partial charge in [-0.15, -0.1) is 0 Å². The molecule has 0 heterocycles. The molecular formula is CH3AgNO. The molecule has 2 N–H and O–H groups in total. The first-order chi connectivity index (χ1) is 1.41. The fraction of sp³-hybridized carbons (Fsp3) is 0. The van der Waals surface area contributed by atoms with Crippen LogP contribution in [0, 0.1) is 0 Å². The van der Waals surface area contributed by atoms with Crippen LogP contribution in [0.25, 0.3) is 0 Å². The van der Waals surface area contributed by atoms with Crippen molar-refractivity contribution >= 4 is 6.41 Å². The maximum atomic E-state index is 8.58. The fourth-order valence-corrected chi connectivity index (χ4v) is 0. The van der Waals surface area contributed by atoms with E-state index in [9.17, 15) is 0 Å². The zero-order valence-corrected chi connectivity index (χ0v) is 3.35. The van der Waals surface area contributed by atoms with Crippen LogP contribution in [0.2, 0.25) is 0 Å². The molecule has 0 unspecified atom stereocenters. The molecule has 0 aliphatic heterocycles. The van der Waals surface area contributed by atoms with Crippen LogP contribution in [-0.4, -0.2) is 6.41 Å². The van der Waals surface area contributed by atoms with Crippen molar-refractivity contribution in [2.24, 2.45) is 5.73 Å². The maximum absolute atomic E-state index is 8.58. The molecule has 0 atom stereocenters. The summed E-state index contributed by atoms with van der Waals surface area (Å²) in [6, 6.07) is 0. The van der Waals surface area contributed by atoms with Crippen molar-refractivity contribution in [3.05, 3.63) is 0 Å². The van der Waals surface area contributed by atoms with E-state index in [-0.39, 0.29) is 28.8 Å². The molecular weight excluding hydrogens is 150 g/mol. The Labute approximate surface area is 39.9 Å². The molecule has 0 aliphatic carbocycles. The van der Waals surface area contributed by atoms with Crippen LogP contribution in [0.1, 0.15) is 0 Å². The molecule has 1 radical (unpaired) electrons. The average Bonchev–Trinajstić information content (AvgIpc) is 0.918. The summed E-state index contributed by atoms with van der Waals surface area (Å²) in [6.45, 7) is 0. The van der Waals surface area contributed by atoms with Gasteiger partial charge in [-0.25, -0.2) is 0 Å². The first-order valence-electron chi connectivity index (χ1n) is 0.569. The molecule has 0 aromatic heterocycles. The van der Waals surface area contributed by atoms with Gasteiger partial charge in [-0.05, 0) is 0 Å². The predicted octanol–water partition coefficient (Wildman–Crippen LogP) is -0.901. The van der Waals surface area contributed by atoms with E-state index < -0.39 is 0 Å². The number of primary amides is 1. The molecule has 0 saturated carbocycles. The Morgan fingerprint density at radius 1 is 1.75 bits per heavy atom. The Morgan fingerprint density at radius 3 is 1.75 bits per heavy atom. The van der Waals surface area contributed by atoms with Gasteiger partial charge in [-0.2, -0.15) is 0 Å². The van der Waals surface area contributed by atoms with E-state index in [0.29, 0.717) is 0 Å². The third-order valence-electron chi connectivity index (χ3n) is 0. The second-order valence-electron chi connectivity index (χ2n) is 0.136. The van der Waals surface area contributed by atoms with Crippen molar-refractivity contribution in [3.63, 3.8) is 0 Å². The quantitative estimate of drug-likeness (QED) is 0.355. The van der Waals surface area contributed by atoms with Gasteiger partial charge >= 0.3 is 0 Å². The van der Waals surface area contributed by atoms with Gasteiger partial charge in [-0.1, -0.05) is 0 Å². The smallest absolute Gasteiger partial charge is 0.204 e. The van der Waals surface area contributed by atoms with E-state index in [0.717, 1.165) is 0 Å². The van der Waals surface area contributed by atoms with Crippen LogP contribution in [0.4, 0.5) is 0 Å². The van der Waals surface area contributed by atoms with Gasteiger partial charge in [0.2, 0.25) is 6.41 Å². The number of carbonyl (C=O) groups excluding carboxylic acids is 1. The first kappa shape index (κ1) is 8.88. The van der Waals surface area contributed by atoms with E-state index in [4.69, 9.17) is 4.79 Å². The van der Waals surface area contributed by atoms with Crippen molar-refractivity contribution in [1.82, 2.24) is 0 Å². The van der Waals surface area contributed by atoms with Crippen molar-refractivity contribution in [2.75, 3.05) is 0 Å². The SMILES string of the molecule is NC=O.[Ag]. The monoisotopic (exact) mass is 152 g/mol. The molecule has 0 aromatic carbocycles. The number of rotatable bonds is 0. The Kier molecular flexibility index (Phi) is 23.8. The van der Waals surface area contributed by atoms with Gasteiger partial charge in [-0.3, -0.25) is 4.79 Å². The minimum Gasteiger partial charge on any atom is -0.372 e. The number of hydrogen-bond acceptors (Lipinski definition) is 1. The van der Waals surface area contributed by atoms with E-state index in [1.165, 1.54) is 0 Å². The molecule has 0 bridgehead atoms. The fourth-order valence-electron chi connectivity index (χ4n) is 0. The summed E-state index contributed by atoms with van der Waals surface area (Å²) in [5, 5.41) is 0. The number of amides is 1. The molecule has 3 heteroatoms. The maximum Gasteiger partial charge on any atom is 0.204 e. The van der Waals surface area contributed by atoms with E-state index in [1.54, 1.807) is 0 Å². The van der Waals surface area contributed by atoms with Crippen molar-refractivity contribution in [1.29, 1.82) is 0 Å². The minimum atomic E-state index is 0. The number of hydrogen-bond donors (Lipinski definition) is 1. The van der Waals surface area contributed by atoms with E-state index in [1.807, 2.05) is 0 Å². The molecule has 1 amide bonds. The zero-order valence-electron chi connectivity index (χ0n) is 1.86. The molecule has 2 nitrogen and oxygen atoms in total. The van der Waals surface area contributed by atoms with Gasteiger partial charge in [0, 0.05) is 22.4 Å². The van der Waals surface area contributed by atoms with E-state index >= 15 is 0 Å². The number of carbonyl (C=O) groups is 1. The first-order valence-corrected chi connectivity index (χ1v) is 0.569. The molecule has 0 aliphatic rings. The van der Waals surface area contributed by atoms with Crippen LogP contribution in [0.3, 0.4) is 0 Å². The Bertz CT molecular complexity index is 15.5. The molecule has 0 aromatic rings. The van der Waals surface area contributed by atoms with Crippen molar-refractivity contribution in [2.45, 2.75) is 0 Å². The summed E-state index contributed by atoms with van der Waals surface area (Å²) in [7, 11) is 0. The van der Waals surface area contributed by atoms with Gasteiger partial charge in [0.1, 0.15) is 0 Å². The second-order valence-corrected chi connectivity index (χ2v) is 0.136. The van der Waals surface area contributed by atoms with Gasteiger partial charge in [0.05, 0.1) is 0 Å². The van der Waals surface area contributed by atoms with Crippen LogP contribution < -0.4 is 5.73 Å². The van der Waals surface area contributed by atoms with E-state index in [2.05, 4.69) is 5.73 Å². The summed E-state index contributed by atoms with van der Waals surface area (Å²) in [6.07, 6.45) is 0.250. The molecule has 0 fully saturated rings. The molecule has 4 heavy (non-hydrogen) atoms. The average molecular weight is 153 g/mol. The summed E-state index contributed by atoms with van der Waals surface area (Å²) < 4.78 is 0. The Morgan fingerprint density at radius 2 is 1.75 bits per heavy atom. The van der Waals surface area contributed by atoms with Crippen LogP contribution in [0.15, 0.2) is 0 Å². The van der Waals surface area contributed by atoms with Gasteiger partial charge in [0.15, 0.2) is 0 Å². The summed E-state index contributed by atoms with van der Waals surface area (Å²) in [5.74, 6) is 0. The third kappa shape index (κ3) is 73.2. The Balaban J connectivity index is 0. The van der Waals surface area contributed by atoms with Crippen molar-refractivity contribution in [3.8, 4) is 0 Å². The van der Waals surface area contributed by atoms with Crippen LogP contribution in [-0.2, 0) is 27.2 Å². The largest absolute Gasteiger partial charge is 0.372 e. The normalized spacial score (nSPS) is 3.00. The Hall–Kier alpha value is 0.210. The standard InChI is InChI=1S/CH3NO.Ag/c2-1-3;/h1H,(H2,2,3);. The number of nitrogens with two attached hydrogens (primary N) is 1. The summed E-state index contributed by atoms with van der Waals surface area (Å²) >= 11 is 0. The topological polar surface area (TPSA) is 43.1 Å². The van der Waals surface area contributed by atoms with Crippen molar-refractivity contribution < 1.29 is 27.2 Å². The second kappa shape index (κ2) is 10.7. The summed E-state index contributed by atoms with van der Waals surface area (Å²) in [4.78, 5) is 8.58. The van der Waals surface area contributed by atoms with Crippen LogP contribution in [0.5, 0.6) is 0 Å². The molecule has 0 spiro atoms. The third-order valence-corrected chi connectivity index (χ3v) is 0. The van der Waals surface area contributed by atoms with Gasteiger partial charge in [0.25, 0.3) is 0 Å². The molecule has 0 rings (SSSR count). The minimum absolute atomic E-state index is 0. The zero-order chi connectivity index (χ0) is 2.71. The molecule has 29 valence electrons. The molecule has 0 saturated heterocycles. The van der Waals surface area contributed by atoms with Gasteiger partial charge < -0.3 is 5.73 Å².